The predicted octanol–water partition coefficient (Wildman–Crippen LogP) is 4.57. The molecular weight excluding hydrogens is 318 g/mol. The van der Waals surface area contributed by atoms with Gasteiger partial charge in [-0.3, -0.25) is 0 Å². The zero-order chi connectivity index (χ0) is 11.4. The van der Waals surface area contributed by atoms with Gasteiger partial charge in [0.05, 0.1) is 0 Å². The van der Waals surface area contributed by atoms with Crippen LogP contribution in [0.4, 0.5) is 22.0 Å². The zero-order valence-electron chi connectivity index (χ0n) is 7.67. The average molecular weight is 330 g/mol. The smallest absolute Gasteiger partial charge is 0.196 e. The van der Waals surface area contributed by atoms with E-state index in [9.17, 15) is 22.0 Å². The normalized spacial score (nSPS) is 15.6. The highest BCUT2D eigenvalue weighted by Gasteiger charge is 2.57. The molecule has 0 spiro atoms. The topological polar surface area (TPSA) is 0 Å². The van der Waals surface area contributed by atoms with Crippen LogP contribution in [0.1, 0.15) is 32.6 Å². The molecule has 0 heterocycles. The van der Waals surface area contributed by atoms with Crippen molar-refractivity contribution in [2.24, 2.45) is 0 Å². The van der Waals surface area contributed by atoms with Gasteiger partial charge in [-0.2, -0.15) is 22.0 Å². The van der Waals surface area contributed by atoms with Crippen LogP contribution in [0, 0.1) is 0 Å². The fourth-order valence-corrected chi connectivity index (χ4v) is 1.92. The van der Waals surface area contributed by atoms with Gasteiger partial charge in [-0.15, -0.1) is 0 Å². The lowest BCUT2D eigenvalue weighted by Gasteiger charge is -2.21. The lowest BCUT2D eigenvalue weighted by Crippen LogP contribution is -2.38. The average Bonchev–Trinajstić information content (AvgIpc) is 1.97. The van der Waals surface area contributed by atoms with Crippen LogP contribution in [-0.2, 0) is 0 Å². The Balaban J connectivity index is 4.08. The van der Waals surface area contributed by atoms with Gasteiger partial charge in [0.15, 0.2) is 0 Å². The summed E-state index contributed by atoms with van der Waals surface area (Å²) in [4.78, 5) is 0. The van der Waals surface area contributed by atoms with Crippen molar-refractivity contribution < 1.29 is 22.0 Å². The van der Waals surface area contributed by atoms with Gasteiger partial charge in [-0.05, 0) is 6.42 Å². The Morgan fingerprint density at radius 2 is 1.64 bits per heavy atom. The van der Waals surface area contributed by atoms with E-state index >= 15 is 0 Å². The maximum absolute atomic E-state index is 12.5. The van der Waals surface area contributed by atoms with Gasteiger partial charge in [0.1, 0.15) is 0 Å². The van der Waals surface area contributed by atoms with Gasteiger partial charge in [-0.25, -0.2) is 0 Å². The van der Waals surface area contributed by atoms with Crippen LogP contribution in [0.2, 0.25) is 0 Å². The molecule has 0 amide bonds. The SMILES string of the molecule is CCCCC(I)CC(F)(F)C(F)(F)F. The molecule has 0 aliphatic heterocycles. The summed E-state index contributed by atoms with van der Waals surface area (Å²) in [5, 5.41) is 0. The molecule has 0 N–H and O–H groups in total. The highest BCUT2D eigenvalue weighted by atomic mass is 127. The van der Waals surface area contributed by atoms with Crippen LogP contribution in [-0.4, -0.2) is 16.0 Å². The van der Waals surface area contributed by atoms with Crippen molar-refractivity contribution in [1.82, 2.24) is 0 Å². The van der Waals surface area contributed by atoms with Crippen molar-refractivity contribution in [2.75, 3.05) is 0 Å². The Bertz CT molecular complexity index is 166. The summed E-state index contributed by atoms with van der Waals surface area (Å²) < 4.78 is 59.6. The first-order chi connectivity index (χ1) is 6.20. The van der Waals surface area contributed by atoms with E-state index in [0.717, 1.165) is 6.42 Å². The van der Waals surface area contributed by atoms with E-state index in [1.807, 2.05) is 6.92 Å². The Hall–Kier alpha value is 0.380. The molecule has 0 nitrogen and oxygen atoms in total. The van der Waals surface area contributed by atoms with Crippen molar-refractivity contribution in [1.29, 1.82) is 0 Å². The van der Waals surface area contributed by atoms with Gasteiger partial charge in [0.25, 0.3) is 0 Å². The van der Waals surface area contributed by atoms with E-state index in [2.05, 4.69) is 0 Å². The molecule has 1 unspecified atom stereocenters. The van der Waals surface area contributed by atoms with E-state index in [0.29, 0.717) is 12.8 Å². The van der Waals surface area contributed by atoms with Crippen molar-refractivity contribution in [3.05, 3.63) is 0 Å². The van der Waals surface area contributed by atoms with Gasteiger partial charge >= 0.3 is 12.1 Å². The summed E-state index contributed by atoms with van der Waals surface area (Å²) in [7, 11) is 0. The number of halogens is 6. The number of hydrogen-bond donors (Lipinski definition) is 0. The van der Waals surface area contributed by atoms with Crippen LogP contribution < -0.4 is 0 Å². The molecule has 0 radical (unpaired) electrons. The number of hydrogen-bond acceptors (Lipinski definition) is 0. The fourth-order valence-electron chi connectivity index (χ4n) is 0.922. The lowest BCUT2D eigenvalue weighted by atomic mass is 10.1. The lowest BCUT2D eigenvalue weighted by molar-refractivity contribution is -0.283. The predicted molar refractivity (Wildman–Crippen MR) is 53.0 cm³/mol. The molecule has 0 saturated heterocycles. The minimum atomic E-state index is -5.41. The highest BCUT2D eigenvalue weighted by molar-refractivity contribution is 14.1. The first-order valence-electron chi connectivity index (χ1n) is 4.29. The number of unbranched alkanes of at least 4 members (excludes halogenated alkanes) is 1. The second-order valence-corrected chi connectivity index (χ2v) is 4.91. The molecule has 0 aromatic rings. The molecule has 0 aliphatic carbocycles. The maximum atomic E-state index is 12.5. The maximum Gasteiger partial charge on any atom is 0.453 e. The van der Waals surface area contributed by atoms with E-state index in [1.165, 1.54) is 0 Å². The molecule has 0 aromatic heterocycles. The van der Waals surface area contributed by atoms with Gasteiger partial charge in [0.2, 0.25) is 0 Å². The molecule has 0 saturated carbocycles. The third-order valence-corrected chi connectivity index (χ3v) is 2.83. The van der Waals surface area contributed by atoms with E-state index in [1.54, 1.807) is 22.6 Å². The van der Waals surface area contributed by atoms with Crippen molar-refractivity contribution >= 4 is 22.6 Å². The summed E-state index contributed by atoms with van der Waals surface area (Å²) >= 11 is 1.65. The van der Waals surface area contributed by atoms with Crippen LogP contribution in [0.5, 0.6) is 0 Å². The third kappa shape index (κ3) is 4.75. The van der Waals surface area contributed by atoms with Crippen LogP contribution in [0.25, 0.3) is 0 Å². The van der Waals surface area contributed by atoms with Crippen LogP contribution in [0.15, 0.2) is 0 Å². The summed E-state index contributed by atoms with van der Waals surface area (Å²) in [6, 6.07) is 0. The summed E-state index contributed by atoms with van der Waals surface area (Å²) in [6.45, 7) is 1.87. The molecule has 86 valence electrons. The minimum Gasteiger partial charge on any atom is -0.196 e. The quantitative estimate of drug-likeness (QED) is 0.394. The highest BCUT2D eigenvalue weighted by Crippen LogP contribution is 2.40. The molecule has 1 atom stereocenters. The van der Waals surface area contributed by atoms with Gasteiger partial charge in [0, 0.05) is 10.3 Å². The standard InChI is InChI=1S/C8H12F5I/c1-2-3-4-6(14)5-7(9,10)8(11,12)13/h6H,2-5H2,1H3. The monoisotopic (exact) mass is 330 g/mol. The first-order valence-corrected chi connectivity index (χ1v) is 5.54. The van der Waals surface area contributed by atoms with E-state index < -0.39 is 22.4 Å². The van der Waals surface area contributed by atoms with Crippen molar-refractivity contribution in [3.63, 3.8) is 0 Å². The van der Waals surface area contributed by atoms with Gasteiger partial charge < -0.3 is 0 Å². The second kappa shape index (κ2) is 5.46. The summed E-state index contributed by atoms with van der Waals surface area (Å²) in [5.74, 6) is -4.55. The van der Waals surface area contributed by atoms with E-state index in [-0.39, 0.29) is 0 Å². The number of rotatable bonds is 5. The first kappa shape index (κ1) is 14.4. The molecular formula is C8H12F5I. The van der Waals surface area contributed by atoms with Crippen LogP contribution >= 0.6 is 22.6 Å². The molecule has 14 heavy (non-hydrogen) atoms. The summed E-state index contributed by atoms with van der Waals surface area (Å²) in [6.07, 6.45) is -4.64. The molecule has 0 aromatic carbocycles. The Kier molecular flexibility index (Phi) is 5.61. The second-order valence-electron chi connectivity index (χ2n) is 3.15. The molecule has 0 fully saturated rings. The molecule has 0 bridgehead atoms. The Morgan fingerprint density at radius 1 is 1.14 bits per heavy atom. The number of alkyl halides is 6. The largest absolute Gasteiger partial charge is 0.453 e. The minimum absolute atomic E-state index is 0.405. The van der Waals surface area contributed by atoms with Crippen molar-refractivity contribution in [3.8, 4) is 0 Å². The Labute approximate surface area is 93.4 Å². The molecule has 0 rings (SSSR count). The zero-order valence-corrected chi connectivity index (χ0v) is 9.83. The summed E-state index contributed by atoms with van der Waals surface area (Å²) in [5.41, 5.74) is 0. The van der Waals surface area contributed by atoms with Gasteiger partial charge in [-0.1, -0.05) is 42.4 Å². The fraction of sp³-hybridized carbons (Fsp3) is 1.00. The van der Waals surface area contributed by atoms with E-state index in [4.69, 9.17) is 0 Å². The Morgan fingerprint density at radius 3 is 2.00 bits per heavy atom. The molecule has 0 aliphatic rings. The van der Waals surface area contributed by atoms with Crippen LogP contribution in [0.3, 0.4) is 0 Å². The van der Waals surface area contributed by atoms with Crippen molar-refractivity contribution in [2.45, 2.75) is 48.6 Å². The third-order valence-electron chi connectivity index (χ3n) is 1.76. The molecule has 6 heteroatoms.